The van der Waals surface area contributed by atoms with E-state index in [4.69, 9.17) is 9.47 Å². The van der Waals surface area contributed by atoms with Crippen LogP contribution in [0.5, 0.6) is 0 Å². The van der Waals surface area contributed by atoms with Crippen LogP contribution in [0, 0.1) is 11.8 Å². The second-order valence-electron chi connectivity index (χ2n) is 7.29. The monoisotopic (exact) mass is 305 g/mol. The van der Waals surface area contributed by atoms with Crippen LogP contribution in [0.4, 0.5) is 0 Å². The van der Waals surface area contributed by atoms with E-state index in [-0.39, 0.29) is 24.1 Å². The highest BCUT2D eigenvalue weighted by atomic mass is 16.6. The van der Waals surface area contributed by atoms with E-state index in [9.17, 15) is 9.59 Å². The molecule has 3 heterocycles. The molecule has 3 aliphatic heterocycles. The third kappa shape index (κ3) is 1.87. The zero-order valence-electron chi connectivity index (χ0n) is 13.2. The summed E-state index contributed by atoms with van der Waals surface area (Å²) in [7, 11) is 0. The third-order valence-corrected chi connectivity index (χ3v) is 5.52. The van der Waals surface area contributed by atoms with Gasteiger partial charge in [0.2, 0.25) is 5.91 Å². The second-order valence-corrected chi connectivity index (χ2v) is 7.29. The standard InChI is InChI=1S/C17H23NO4/c1-10(2)21-16(20)13-12-7-8-17(22-12)9-18(15(19)14(13)17)11-5-3-4-6-11/h7-8,10-14H,3-6,9H2,1-2H3/t12-,13+,14-,17+/m0/s1. The number of rotatable bonds is 3. The molecule has 0 unspecified atom stereocenters. The van der Waals surface area contributed by atoms with E-state index in [2.05, 4.69) is 0 Å². The maximum atomic E-state index is 13.0. The third-order valence-electron chi connectivity index (χ3n) is 5.52. The lowest BCUT2D eigenvalue weighted by Gasteiger charge is -2.27. The van der Waals surface area contributed by atoms with Crippen molar-refractivity contribution in [2.45, 2.75) is 63.4 Å². The summed E-state index contributed by atoms with van der Waals surface area (Å²) in [6.07, 6.45) is 7.99. The van der Waals surface area contributed by atoms with Crippen molar-refractivity contribution in [3.05, 3.63) is 12.2 Å². The molecule has 120 valence electrons. The Hall–Kier alpha value is -1.36. The summed E-state index contributed by atoms with van der Waals surface area (Å²) in [6.45, 7) is 4.26. The number of fused-ring (bicyclic) bond motifs is 1. The molecule has 0 aromatic carbocycles. The van der Waals surface area contributed by atoms with Crippen molar-refractivity contribution in [1.29, 1.82) is 0 Å². The lowest BCUT2D eigenvalue weighted by molar-refractivity contribution is -0.157. The molecule has 0 aromatic heterocycles. The molecular formula is C17H23NO4. The van der Waals surface area contributed by atoms with E-state index in [1.54, 1.807) is 0 Å². The van der Waals surface area contributed by atoms with Crippen LogP contribution in [0.1, 0.15) is 39.5 Å². The van der Waals surface area contributed by atoms with E-state index in [0.717, 1.165) is 12.8 Å². The Morgan fingerprint density at radius 2 is 2.14 bits per heavy atom. The largest absolute Gasteiger partial charge is 0.463 e. The number of carbonyl (C=O) groups is 2. The fourth-order valence-corrected chi connectivity index (χ4v) is 4.63. The van der Waals surface area contributed by atoms with Gasteiger partial charge in [0.15, 0.2) is 0 Å². The van der Waals surface area contributed by atoms with Crippen molar-refractivity contribution in [3.63, 3.8) is 0 Å². The number of nitrogens with zero attached hydrogens (tertiary/aromatic N) is 1. The topological polar surface area (TPSA) is 55.8 Å². The molecule has 0 N–H and O–H groups in total. The molecule has 2 bridgehead atoms. The molecule has 3 fully saturated rings. The van der Waals surface area contributed by atoms with E-state index in [1.165, 1.54) is 12.8 Å². The predicted octanol–water partition coefficient (Wildman–Crippen LogP) is 1.66. The number of hydrogen-bond donors (Lipinski definition) is 0. The first-order chi connectivity index (χ1) is 10.5. The molecule has 1 saturated carbocycles. The minimum absolute atomic E-state index is 0.0875. The second kappa shape index (κ2) is 4.82. The fourth-order valence-electron chi connectivity index (χ4n) is 4.63. The van der Waals surface area contributed by atoms with Gasteiger partial charge in [-0.15, -0.1) is 0 Å². The molecule has 22 heavy (non-hydrogen) atoms. The Balaban J connectivity index is 1.61. The predicted molar refractivity (Wildman–Crippen MR) is 78.9 cm³/mol. The SMILES string of the molecule is CC(C)OC(=O)[C@@H]1[C@@H]2C=C[C@]3(CN(C4CCCC4)C(=O)[C@H]13)O2. The van der Waals surface area contributed by atoms with Gasteiger partial charge in [-0.1, -0.05) is 25.0 Å². The summed E-state index contributed by atoms with van der Waals surface area (Å²) >= 11 is 0. The zero-order valence-corrected chi connectivity index (χ0v) is 13.2. The van der Waals surface area contributed by atoms with Crippen LogP contribution in [0.15, 0.2) is 12.2 Å². The van der Waals surface area contributed by atoms with Crippen molar-refractivity contribution >= 4 is 11.9 Å². The van der Waals surface area contributed by atoms with Gasteiger partial charge in [0.25, 0.3) is 0 Å². The Morgan fingerprint density at radius 1 is 1.41 bits per heavy atom. The zero-order chi connectivity index (χ0) is 15.5. The average Bonchev–Trinajstić information content (AvgIpc) is 3.18. The van der Waals surface area contributed by atoms with Gasteiger partial charge in [-0.3, -0.25) is 9.59 Å². The summed E-state index contributed by atoms with van der Waals surface area (Å²) in [4.78, 5) is 27.4. The highest BCUT2D eigenvalue weighted by Gasteiger charge is 2.68. The molecule has 4 aliphatic rings. The summed E-state index contributed by atoms with van der Waals surface area (Å²) in [5.41, 5.74) is -0.592. The van der Waals surface area contributed by atoms with Crippen LogP contribution in [-0.4, -0.2) is 47.2 Å². The lowest BCUT2D eigenvalue weighted by atomic mass is 9.77. The van der Waals surface area contributed by atoms with Gasteiger partial charge in [-0.05, 0) is 26.7 Å². The highest BCUT2D eigenvalue weighted by molar-refractivity contribution is 5.91. The van der Waals surface area contributed by atoms with Crippen molar-refractivity contribution in [3.8, 4) is 0 Å². The van der Waals surface area contributed by atoms with Crippen LogP contribution in [0.25, 0.3) is 0 Å². The Kier molecular flexibility index (Phi) is 3.12. The molecule has 0 radical (unpaired) electrons. The molecule has 4 rings (SSSR count). The molecule has 1 spiro atoms. The molecule has 1 aliphatic carbocycles. The molecule has 0 aromatic rings. The lowest BCUT2D eigenvalue weighted by Crippen LogP contribution is -2.41. The first-order valence-corrected chi connectivity index (χ1v) is 8.40. The van der Waals surface area contributed by atoms with Crippen molar-refractivity contribution in [2.75, 3.05) is 6.54 Å². The number of likely N-dealkylation sites (tertiary alicyclic amines) is 1. The van der Waals surface area contributed by atoms with E-state index < -0.39 is 17.4 Å². The van der Waals surface area contributed by atoms with Crippen LogP contribution in [0.2, 0.25) is 0 Å². The fraction of sp³-hybridized carbons (Fsp3) is 0.765. The van der Waals surface area contributed by atoms with E-state index >= 15 is 0 Å². The normalized spacial score (nSPS) is 40.0. The van der Waals surface area contributed by atoms with Crippen molar-refractivity contribution in [1.82, 2.24) is 4.90 Å². The smallest absolute Gasteiger partial charge is 0.313 e. The molecule has 1 amide bonds. The first-order valence-electron chi connectivity index (χ1n) is 8.40. The minimum Gasteiger partial charge on any atom is -0.463 e. The summed E-state index contributed by atoms with van der Waals surface area (Å²) < 4.78 is 11.5. The number of esters is 1. The van der Waals surface area contributed by atoms with Crippen molar-refractivity contribution in [2.24, 2.45) is 11.8 Å². The Labute approximate surface area is 130 Å². The van der Waals surface area contributed by atoms with Gasteiger partial charge in [-0.25, -0.2) is 0 Å². The average molecular weight is 305 g/mol. The van der Waals surface area contributed by atoms with E-state index in [1.807, 2.05) is 30.9 Å². The molecule has 4 atom stereocenters. The van der Waals surface area contributed by atoms with Gasteiger partial charge in [0.05, 0.1) is 24.7 Å². The number of carbonyl (C=O) groups excluding carboxylic acids is 2. The summed E-state index contributed by atoms with van der Waals surface area (Å²) in [5.74, 6) is -1.08. The molecule has 2 saturated heterocycles. The van der Waals surface area contributed by atoms with Gasteiger partial charge in [0, 0.05) is 6.04 Å². The number of ether oxygens (including phenoxy) is 2. The number of hydrogen-bond acceptors (Lipinski definition) is 4. The van der Waals surface area contributed by atoms with E-state index in [0.29, 0.717) is 12.6 Å². The quantitative estimate of drug-likeness (QED) is 0.588. The van der Waals surface area contributed by atoms with Crippen LogP contribution in [-0.2, 0) is 19.1 Å². The van der Waals surface area contributed by atoms with Crippen molar-refractivity contribution < 1.29 is 19.1 Å². The molecule has 5 nitrogen and oxygen atoms in total. The Bertz CT molecular complexity index is 537. The first kappa shape index (κ1) is 14.2. The van der Waals surface area contributed by atoms with Crippen LogP contribution < -0.4 is 0 Å². The highest BCUT2D eigenvalue weighted by Crippen LogP contribution is 2.53. The van der Waals surface area contributed by atoms with Crippen LogP contribution in [0.3, 0.4) is 0 Å². The minimum atomic E-state index is -0.592. The van der Waals surface area contributed by atoms with Gasteiger partial charge in [-0.2, -0.15) is 0 Å². The summed E-state index contributed by atoms with van der Waals surface area (Å²) in [5, 5.41) is 0. The van der Waals surface area contributed by atoms with Crippen LogP contribution >= 0.6 is 0 Å². The van der Waals surface area contributed by atoms with Gasteiger partial charge >= 0.3 is 5.97 Å². The molecule has 5 heteroatoms. The maximum absolute atomic E-state index is 13.0. The van der Waals surface area contributed by atoms with Gasteiger partial charge < -0.3 is 14.4 Å². The maximum Gasteiger partial charge on any atom is 0.313 e. The number of amides is 1. The summed E-state index contributed by atoms with van der Waals surface area (Å²) in [6, 6.07) is 0.324. The molecular weight excluding hydrogens is 282 g/mol. The Morgan fingerprint density at radius 3 is 2.82 bits per heavy atom. The van der Waals surface area contributed by atoms with Gasteiger partial charge in [0.1, 0.15) is 11.5 Å².